The highest BCUT2D eigenvalue weighted by Crippen LogP contribution is 2.34. The predicted octanol–water partition coefficient (Wildman–Crippen LogP) is 5.16. The topological polar surface area (TPSA) is 128 Å². The standard InChI is InChI=1S/C28H24N8O/c37-28(16-3-1-4-16)32-20-11-19(14-30-15-20)17-6-7-23-22(12-17)25(36-35-23)27-33-24-21(8-10-31-26(24)34-27)18-5-2-9-29-13-18/h2,5-16,28,32,37H,1,3-4H2,(H,35,36)(H,31,33,34). The summed E-state index contributed by atoms with van der Waals surface area (Å²) in [6.07, 6.45) is 11.7. The Balaban J connectivity index is 1.26. The van der Waals surface area contributed by atoms with Gasteiger partial charge in [-0.25, -0.2) is 9.97 Å². The number of hydrogen-bond donors (Lipinski definition) is 4. The lowest BCUT2D eigenvalue weighted by molar-refractivity contribution is 0.0851. The molecule has 0 bridgehead atoms. The van der Waals surface area contributed by atoms with Gasteiger partial charge in [0.1, 0.15) is 11.9 Å². The van der Waals surface area contributed by atoms with Gasteiger partial charge in [-0.1, -0.05) is 18.6 Å². The van der Waals surface area contributed by atoms with E-state index < -0.39 is 6.23 Å². The Kier molecular flexibility index (Phi) is 5.14. The number of aliphatic hydroxyl groups excluding tert-OH is 1. The van der Waals surface area contributed by atoms with Crippen LogP contribution in [0.2, 0.25) is 0 Å². The van der Waals surface area contributed by atoms with Gasteiger partial charge in [-0.2, -0.15) is 5.10 Å². The number of nitrogens with one attached hydrogen (secondary N) is 3. The zero-order valence-corrected chi connectivity index (χ0v) is 19.9. The van der Waals surface area contributed by atoms with E-state index in [1.807, 2.05) is 48.8 Å². The number of rotatable bonds is 6. The molecule has 1 fully saturated rings. The largest absolute Gasteiger partial charge is 0.374 e. The highest BCUT2D eigenvalue weighted by molar-refractivity contribution is 5.97. The number of anilines is 1. The van der Waals surface area contributed by atoms with Gasteiger partial charge in [0.2, 0.25) is 0 Å². The fraction of sp³-hybridized carbons (Fsp3) is 0.179. The summed E-state index contributed by atoms with van der Waals surface area (Å²) in [6.45, 7) is 0. The highest BCUT2D eigenvalue weighted by atomic mass is 16.3. The third-order valence-electron chi connectivity index (χ3n) is 7.13. The van der Waals surface area contributed by atoms with Crippen LogP contribution in [0.15, 0.2) is 73.4 Å². The van der Waals surface area contributed by atoms with Crippen LogP contribution in [0.25, 0.3) is 55.8 Å². The zero-order valence-electron chi connectivity index (χ0n) is 19.9. The van der Waals surface area contributed by atoms with Gasteiger partial charge in [-0.3, -0.25) is 15.1 Å². The lowest BCUT2D eigenvalue weighted by Crippen LogP contribution is -2.33. The van der Waals surface area contributed by atoms with E-state index in [-0.39, 0.29) is 0 Å². The van der Waals surface area contributed by atoms with E-state index in [1.165, 1.54) is 6.42 Å². The van der Waals surface area contributed by atoms with Gasteiger partial charge < -0.3 is 15.4 Å². The predicted molar refractivity (Wildman–Crippen MR) is 142 cm³/mol. The fourth-order valence-corrected chi connectivity index (χ4v) is 4.88. The van der Waals surface area contributed by atoms with Crippen LogP contribution in [0, 0.1) is 5.92 Å². The molecule has 0 spiro atoms. The third kappa shape index (κ3) is 3.89. The summed E-state index contributed by atoms with van der Waals surface area (Å²) >= 11 is 0. The summed E-state index contributed by atoms with van der Waals surface area (Å²) in [5.41, 5.74) is 7.80. The molecule has 1 atom stereocenters. The van der Waals surface area contributed by atoms with Gasteiger partial charge in [0.05, 0.1) is 22.9 Å². The first-order valence-corrected chi connectivity index (χ1v) is 12.4. The molecule has 1 aliphatic carbocycles. The van der Waals surface area contributed by atoms with Crippen LogP contribution >= 0.6 is 0 Å². The van der Waals surface area contributed by atoms with E-state index in [1.54, 1.807) is 18.6 Å². The monoisotopic (exact) mass is 488 g/mol. The maximum atomic E-state index is 10.4. The summed E-state index contributed by atoms with van der Waals surface area (Å²) in [5, 5.41) is 22.3. The molecular weight excluding hydrogens is 464 g/mol. The summed E-state index contributed by atoms with van der Waals surface area (Å²) in [6, 6.07) is 14.0. The molecule has 7 rings (SSSR count). The Morgan fingerprint density at radius 1 is 0.946 bits per heavy atom. The van der Waals surface area contributed by atoms with Crippen molar-refractivity contribution in [3.05, 3.63) is 73.4 Å². The smallest absolute Gasteiger partial charge is 0.178 e. The number of imidazole rings is 1. The minimum Gasteiger partial charge on any atom is -0.374 e. The Bertz CT molecular complexity index is 1720. The number of H-pyrrole nitrogens is 2. The molecule has 1 aromatic carbocycles. The molecule has 0 amide bonds. The molecule has 37 heavy (non-hydrogen) atoms. The molecule has 1 saturated carbocycles. The quantitative estimate of drug-likeness (QED) is 0.239. The van der Waals surface area contributed by atoms with Crippen molar-refractivity contribution in [2.24, 2.45) is 5.92 Å². The number of pyridine rings is 3. The van der Waals surface area contributed by atoms with Gasteiger partial charge in [0.25, 0.3) is 0 Å². The van der Waals surface area contributed by atoms with Crippen molar-refractivity contribution >= 4 is 27.8 Å². The summed E-state index contributed by atoms with van der Waals surface area (Å²) in [4.78, 5) is 21.3. The number of hydrogen-bond acceptors (Lipinski definition) is 7. The lowest BCUT2D eigenvalue weighted by Gasteiger charge is -2.31. The van der Waals surface area contributed by atoms with Gasteiger partial charge >= 0.3 is 0 Å². The first-order chi connectivity index (χ1) is 18.2. The number of aromatic amines is 2. The Hall–Kier alpha value is -4.63. The maximum absolute atomic E-state index is 10.4. The van der Waals surface area contributed by atoms with Crippen molar-refractivity contribution < 1.29 is 5.11 Å². The molecule has 0 saturated heterocycles. The maximum Gasteiger partial charge on any atom is 0.178 e. The van der Waals surface area contributed by atoms with Crippen molar-refractivity contribution in [3.8, 4) is 33.8 Å². The van der Waals surface area contributed by atoms with E-state index in [9.17, 15) is 5.11 Å². The molecule has 5 heterocycles. The highest BCUT2D eigenvalue weighted by Gasteiger charge is 2.25. The van der Waals surface area contributed by atoms with Crippen LogP contribution in [0.3, 0.4) is 0 Å². The second-order valence-electron chi connectivity index (χ2n) is 9.46. The van der Waals surface area contributed by atoms with Crippen molar-refractivity contribution in [2.75, 3.05) is 5.32 Å². The van der Waals surface area contributed by atoms with Crippen molar-refractivity contribution in [1.82, 2.24) is 35.1 Å². The second kappa shape index (κ2) is 8.79. The summed E-state index contributed by atoms with van der Waals surface area (Å²) in [7, 11) is 0. The van der Waals surface area contributed by atoms with E-state index in [4.69, 9.17) is 4.98 Å². The summed E-state index contributed by atoms with van der Waals surface area (Å²) < 4.78 is 0. The van der Waals surface area contributed by atoms with Gasteiger partial charge in [-0.05, 0) is 48.7 Å². The van der Waals surface area contributed by atoms with Gasteiger partial charge in [0.15, 0.2) is 11.5 Å². The Morgan fingerprint density at radius 2 is 1.86 bits per heavy atom. The molecular formula is C28H24N8O. The van der Waals surface area contributed by atoms with E-state index in [0.29, 0.717) is 17.4 Å². The van der Waals surface area contributed by atoms with Crippen LogP contribution in [0.4, 0.5) is 5.69 Å². The number of aromatic nitrogens is 7. The van der Waals surface area contributed by atoms with Crippen LogP contribution in [0.5, 0.6) is 0 Å². The number of nitrogens with zero attached hydrogens (tertiary/aromatic N) is 5. The molecule has 0 aliphatic heterocycles. The van der Waals surface area contributed by atoms with E-state index in [2.05, 4.69) is 41.5 Å². The van der Waals surface area contributed by atoms with Crippen LogP contribution in [-0.4, -0.2) is 46.5 Å². The SMILES string of the molecule is OC(Nc1cncc(-c2ccc3[nH]nc(-c4nc5nccc(-c6cccnc6)c5[nH]4)c3c2)c1)C1CCC1. The average molecular weight is 489 g/mol. The molecule has 5 aromatic heterocycles. The summed E-state index contributed by atoms with van der Waals surface area (Å²) in [5.74, 6) is 0.949. The van der Waals surface area contributed by atoms with Gasteiger partial charge in [0, 0.05) is 52.8 Å². The first kappa shape index (κ1) is 21.6. The Morgan fingerprint density at radius 3 is 2.70 bits per heavy atom. The number of benzene rings is 1. The fourth-order valence-electron chi connectivity index (χ4n) is 4.88. The molecule has 182 valence electrons. The molecule has 9 nitrogen and oxygen atoms in total. The third-order valence-corrected chi connectivity index (χ3v) is 7.13. The van der Waals surface area contributed by atoms with Gasteiger partial charge in [-0.15, -0.1) is 0 Å². The normalized spacial score (nSPS) is 14.6. The lowest BCUT2D eigenvalue weighted by atomic mass is 9.84. The minimum atomic E-state index is -0.549. The average Bonchev–Trinajstić information content (AvgIpc) is 3.52. The van der Waals surface area contributed by atoms with Crippen LogP contribution < -0.4 is 5.32 Å². The number of fused-ring (bicyclic) bond motifs is 2. The van der Waals surface area contributed by atoms with E-state index in [0.717, 1.165) is 62.9 Å². The zero-order chi connectivity index (χ0) is 24.8. The van der Waals surface area contributed by atoms with Crippen molar-refractivity contribution in [2.45, 2.75) is 25.5 Å². The molecule has 6 aromatic rings. The Labute approximate surface area is 212 Å². The molecule has 1 unspecified atom stereocenters. The van der Waals surface area contributed by atoms with Crippen LogP contribution in [-0.2, 0) is 0 Å². The van der Waals surface area contributed by atoms with Crippen molar-refractivity contribution in [3.63, 3.8) is 0 Å². The van der Waals surface area contributed by atoms with Crippen molar-refractivity contribution in [1.29, 1.82) is 0 Å². The molecule has 4 N–H and O–H groups in total. The minimum absolute atomic E-state index is 0.311. The van der Waals surface area contributed by atoms with Crippen LogP contribution in [0.1, 0.15) is 19.3 Å². The molecule has 0 radical (unpaired) electrons. The van der Waals surface area contributed by atoms with E-state index >= 15 is 0 Å². The molecule has 9 heteroatoms. The number of aliphatic hydroxyl groups is 1. The first-order valence-electron chi connectivity index (χ1n) is 12.4. The second-order valence-corrected chi connectivity index (χ2v) is 9.46. The molecule has 1 aliphatic rings.